The Morgan fingerprint density at radius 2 is 1.83 bits per heavy atom. The van der Waals surface area contributed by atoms with Gasteiger partial charge in [0.1, 0.15) is 11.6 Å². The molecule has 4 rings (SSSR count). The molecule has 0 fully saturated rings. The maximum absolute atomic E-state index is 13.6. The van der Waals surface area contributed by atoms with E-state index in [4.69, 9.17) is 9.90 Å². The van der Waals surface area contributed by atoms with Crippen LogP contribution in [0.2, 0.25) is 0 Å². The molecule has 0 unspecified atom stereocenters. The summed E-state index contributed by atoms with van der Waals surface area (Å²) in [5.41, 5.74) is 1.25. The van der Waals surface area contributed by atoms with Crippen LogP contribution in [0.25, 0.3) is 10.9 Å². The van der Waals surface area contributed by atoms with Crippen LogP contribution in [0, 0.1) is 5.82 Å². The molecular formula is C21H18F4N6O4S. The van der Waals surface area contributed by atoms with Crippen LogP contribution in [0.15, 0.2) is 59.6 Å². The number of aliphatic carboxylic acids is 1. The molecule has 0 saturated heterocycles. The second-order valence-corrected chi connectivity index (χ2v) is 9.28. The summed E-state index contributed by atoms with van der Waals surface area (Å²) in [5, 5.41) is 17.9. The first-order chi connectivity index (χ1) is 16.8. The van der Waals surface area contributed by atoms with Gasteiger partial charge in [-0.25, -0.2) is 22.6 Å². The van der Waals surface area contributed by atoms with Gasteiger partial charge in [0.25, 0.3) is 0 Å². The fraction of sp³-hybridized carbons (Fsp3) is 0.143. The van der Waals surface area contributed by atoms with Crippen LogP contribution in [0.3, 0.4) is 0 Å². The standard InChI is InChI=1S/C19H17FN6O2S.C2HF3O2/c1-26(18-15-10-12(20)6-7-16(15)24-25-18)17-8-9-21-19(23-17)22-13-4-3-5-14(11-13)29(2,27)28;3-2(4,5)1(6)7/h3-11H,1-2H3,(H,24,25)(H,21,22,23);(H,6,7). The number of carbonyl (C=O) groups is 1. The number of H-pyrrole nitrogens is 1. The second kappa shape index (κ2) is 10.2. The van der Waals surface area contributed by atoms with Gasteiger partial charge in [-0.1, -0.05) is 6.07 Å². The molecule has 2 aromatic heterocycles. The summed E-state index contributed by atoms with van der Waals surface area (Å²) in [6, 6.07) is 12.5. The number of fused-ring (bicyclic) bond motifs is 1. The molecule has 15 heteroatoms. The van der Waals surface area contributed by atoms with Crippen LogP contribution in [0.5, 0.6) is 0 Å². The maximum Gasteiger partial charge on any atom is 0.490 e. The van der Waals surface area contributed by atoms with Gasteiger partial charge in [0, 0.05) is 30.6 Å². The predicted molar refractivity (Wildman–Crippen MR) is 123 cm³/mol. The van der Waals surface area contributed by atoms with E-state index in [2.05, 4.69) is 25.5 Å². The zero-order valence-electron chi connectivity index (χ0n) is 18.6. The van der Waals surface area contributed by atoms with Gasteiger partial charge in [0.05, 0.1) is 10.4 Å². The highest BCUT2D eigenvalue weighted by Crippen LogP contribution is 2.29. The van der Waals surface area contributed by atoms with Crippen LogP contribution in [-0.2, 0) is 14.6 Å². The van der Waals surface area contributed by atoms with Crippen molar-refractivity contribution in [3.05, 3.63) is 60.5 Å². The van der Waals surface area contributed by atoms with Gasteiger partial charge < -0.3 is 15.3 Å². The monoisotopic (exact) mass is 526 g/mol. The Labute approximate surface area is 201 Å². The smallest absolute Gasteiger partial charge is 0.475 e. The molecule has 0 atom stereocenters. The Kier molecular flexibility index (Phi) is 7.43. The molecule has 10 nitrogen and oxygen atoms in total. The van der Waals surface area contributed by atoms with Crippen molar-refractivity contribution in [3.63, 3.8) is 0 Å². The third-order valence-corrected chi connectivity index (χ3v) is 5.68. The SMILES string of the molecule is CN(c1ccnc(Nc2cccc(S(C)(=O)=O)c2)n1)c1n[nH]c2ccc(F)cc12.O=C(O)C(F)(F)F. The maximum atomic E-state index is 13.6. The van der Waals surface area contributed by atoms with Gasteiger partial charge in [-0.3, -0.25) is 5.10 Å². The number of anilines is 4. The second-order valence-electron chi connectivity index (χ2n) is 7.26. The van der Waals surface area contributed by atoms with Crippen LogP contribution in [0.1, 0.15) is 0 Å². The molecule has 0 aliphatic carbocycles. The summed E-state index contributed by atoms with van der Waals surface area (Å²) < 4.78 is 68.9. The molecule has 0 aliphatic rings. The molecule has 0 aliphatic heterocycles. The van der Waals surface area contributed by atoms with E-state index in [0.717, 1.165) is 6.26 Å². The molecule has 0 spiro atoms. The van der Waals surface area contributed by atoms with Gasteiger partial charge in [0.2, 0.25) is 5.95 Å². The van der Waals surface area contributed by atoms with E-state index in [-0.39, 0.29) is 16.7 Å². The van der Waals surface area contributed by atoms with E-state index in [9.17, 15) is 26.0 Å². The average molecular weight is 526 g/mol. The topological polar surface area (TPSA) is 141 Å². The minimum atomic E-state index is -5.08. The normalized spacial score (nSPS) is 11.5. The van der Waals surface area contributed by atoms with Crippen LogP contribution in [-0.4, -0.2) is 59.1 Å². The van der Waals surface area contributed by atoms with Crippen LogP contribution < -0.4 is 10.2 Å². The average Bonchev–Trinajstić information content (AvgIpc) is 3.21. The number of carboxylic acid groups (broad SMARTS) is 1. The fourth-order valence-electron chi connectivity index (χ4n) is 2.87. The zero-order chi connectivity index (χ0) is 26.7. The van der Waals surface area contributed by atoms with E-state index in [1.807, 2.05) is 0 Å². The van der Waals surface area contributed by atoms with E-state index in [0.29, 0.717) is 28.2 Å². The molecule has 4 aromatic rings. The molecule has 3 N–H and O–H groups in total. The third-order valence-electron chi connectivity index (χ3n) is 4.57. The van der Waals surface area contributed by atoms with Gasteiger partial charge in [-0.05, 0) is 42.5 Å². The molecule has 2 aromatic carbocycles. The Morgan fingerprint density at radius 1 is 1.14 bits per heavy atom. The number of alkyl halides is 3. The number of hydrogen-bond acceptors (Lipinski definition) is 8. The Balaban J connectivity index is 0.000000454. The number of sulfone groups is 1. The summed E-state index contributed by atoms with van der Waals surface area (Å²) in [5.74, 6) is -1.79. The number of halogens is 4. The molecule has 0 radical (unpaired) electrons. The van der Waals surface area contributed by atoms with E-state index in [1.165, 1.54) is 24.3 Å². The van der Waals surface area contributed by atoms with Crippen molar-refractivity contribution in [1.82, 2.24) is 20.2 Å². The van der Waals surface area contributed by atoms with E-state index < -0.39 is 22.0 Å². The minimum absolute atomic E-state index is 0.195. The summed E-state index contributed by atoms with van der Waals surface area (Å²) in [4.78, 5) is 19.4. The minimum Gasteiger partial charge on any atom is -0.475 e. The Morgan fingerprint density at radius 3 is 2.47 bits per heavy atom. The largest absolute Gasteiger partial charge is 0.490 e. The molecule has 0 bridgehead atoms. The highest BCUT2D eigenvalue weighted by molar-refractivity contribution is 7.90. The van der Waals surface area contributed by atoms with Crippen LogP contribution in [0.4, 0.5) is 40.8 Å². The number of rotatable bonds is 5. The Bertz CT molecular complexity index is 1510. The number of hydrogen-bond donors (Lipinski definition) is 3. The number of aromatic nitrogens is 4. The highest BCUT2D eigenvalue weighted by atomic mass is 32.2. The molecule has 2 heterocycles. The van der Waals surface area contributed by atoms with E-state index in [1.54, 1.807) is 42.4 Å². The van der Waals surface area contributed by atoms with Gasteiger partial charge in [0.15, 0.2) is 15.7 Å². The molecule has 0 saturated carbocycles. The van der Waals surface area contributed by atoms with Crippen molar-refractivity contribution in [3.8, 4) is 0 Å². The van der Waals surface area contributed by atoms with E-state index >= 15 is 0 Å². The molecule has 0 amide bonds. The zero-order valence-corrected chi connectivity index (χ0v) is 19.4. The lowest BCUT2D eigenvalue weighted by Gasteiger charge is -2.16. The molecular weight excluding hydrogens is 508 g/mol. The Hall–Kier alpha value is -4.27. The lowest BCUT2D eigenvalue weighted by Crippen LogP contribution is -2.21. The van der Waals surface area contributed by atoms with Crippen molar-refractivity contribution >= 4 is 50.0 Å². The van der Waals surface area contributed by atoms with Crippen molar-refractivity contribution in [2.45, 2.75) is 11.1 Å². The summed E-state index contributed by atoms with van der Waals surface area (Å²) in [6.07, 6.45) is -2.37. The number of nitrogens with zero attached hydrogens (tertiary/aromatic N) is 4. The lowest BCUT2D eigenvalue weighted by atomic mass is 10.2. The van der Waals surface area contributed by atoms with Crippen molar-refractivity contribution in [2.75, 3.05) is 23.5 Å². The fourth-order valence-corrected chi connectivity index (χ4v) is 3.53. The summed E-state index contributed by atoms with van der Waals surface area (Å²) in [7, 11) is -1.56. The van der Waals surface area contributed by atoms with Gasteiger partial charge in [-0.2, -0.15) is 23.3 Å². The first-order valence-electron chi connectivity index (χ1n) is 9.83. The predicted octanol–water partition coefficient (Wildman–Crippen LogP) is 4.04. The number of aromatic amines is 1. The van der Waals surface area contributed by atoms with Crippen molar-refractivity contribution in [2.24, 2.45) is 0 Å². The third kappa shape index (κ3) is 6.44. The van der Waals surface area contributed by atoms with Crippen molar-refractivity contribution in [1.29, 1.82) is 0 Å². The van der Waals surface area contributed by atoms with Crippen LogP contribution >= 0.6 is 0 Å². The number of benzene rings is 2. The highest BCUT2D eigenvalue weighted by Gasteiger charge is 2.38. The molecule has 190 valence electrons. The van der Waals surface area contributed by atoms with Gasteiger partial charge >= 0.3 is 12.1 Å². The number of carboxylic acids is 1. The molecule has 36 heavy (non-hydrogen) atoms. The quantitative estimate of drug-likeness (QED) is 0.329. The van der Waals surface area contributed by atoms with Crippen molar-refractivity contribution < 1.29 is 35.9 Å². The summed E-state index contributed by atoms with van der Waals surface area (Å²) in [6.45, 7) is 0. The first-order valence-corrected chi connectivity index (χ1v) is 11.7. The van der Waals surface area contributed by atoms with Gasteiger partial charge in [-0.15, -0.1) is 0 Å². The summed E-state index contributed by atoms with van der Waals surface area (Å²) >= 11 is 0. The number of nitrogens with one attached hydrogen (secondary N) is 2. The lowest BCUT2D eigenvalue weighted by molar-refractivity contribution is -0.192. The first kappa shape index (κ1) is 26.3.